The van der Waals surface area contributed by atoms with E-state index in [2.05, 4.69) is 33.5 Å². The van der Waals surface area contributed by atoms with E-state index in [-0.39, 0.29) is 17.8 Å². The summed E-state index contributed by atoms with van der Waals surface area (Å²) in [5.41, 5.74) is 0. The van der Waals surface area contributed by atoms with Crippen LogP contribution in [0.15, 0.2) is 0 Å². The average Bonchev–Trinajstić information content (AvgIpc) is 2.59. The maximum absolute atomic E-state index is 11.7. The first kappa shape index (κ1) is 23.8. The van der Waals surface area contributed by atoms with Crippen LogP contribution in [0.1, 0.15) is 39.0 Å². The van der Waals surface area contributed by atoms with E-state index in [1.165, 1.54) is 0 Å². The summed E-state index contributed by atoms with van der Waals surface area (Å²) in [6, 6.07) is -0.955. The predicted molar refractivity (Wildman–Crippen MR) is 96.8 cm³/mol. The fraction of sp³-hybridized carbons (Fsp3) is 0.812. The van der Waals surface area contributed by atoms with Gasteiger partial charge in [-0.2, -0.15) is 0 Å². The van der Waals surface area contributed by atoms with Crippen LogP contribution in [-0.4, -0.2) is 67.2 Å². The molecule has 25 heavy (non-hydrogen) atoms. The lowest BCUT2D eigenvalue weighted by Gasteiger charge is -2.14. The van der Waals surface area contributed by atoms with E-state index in [1.54, 1.807) is 0 Å². The zero-order chi connectivity index (χ0) is 18.9. The molecule has 0 aromatic rings. The number of aliphatic carboxylic acids is 1. The molecule has 0 aromatic carbocycles. The first-order chi connectivity index (χ1) is 12.0. The molecule has 0 heterocycles. The summed E-state index contributed by atoms with van der Waals surface area (Å²) in [5, 5.41) is 14.5. The van der Waals surface area contributed by atoms with Crippen molar-refractivity contribution in [3.05, 3.63) is 0 Å². The SMILES string of the molecule is CCCCOCCOCC(=O)N[C@@H](CCCCNC(=O)CBr)C(=O)O. The van der Waals surface area contributed by atoms with Crippen LogP contribution in [0.4, 0.5) is 0 Å². The first-order valence-corrected chi connectivity index (χ1v) is 9.63. The topological polar surface area (TPSA) is 114 Å². The minimum Gasteiger partial charge on any atom is -0.480 e. The van der Waals surface area contributed by atoms with Gasteiger partial charge in [0.1, 0.15) is 12.6 Å². The molecule has 0 rings (SSSR count). The van der Waals surface area contributed by atoms with Crippen LogP contribution in [0.25, 0.3) is 0 Å². The van der Waals surface area contributed by atoms with Crippen molar-refractivity contribution in [2.45, 2.75) is 45.1 Å². The Morgan fingerprint density at radius 1 is 1.04 bits per heavy atom. The smallest absolute Gasteiger partial charge is 0.326 e. The second kappa shape index (κ2) is 16.3. The number of carboxylic acids is 1. The second-order valence-corrected chi connectivity index (χ2v) is 6.02. The van der Waals surface area contributed by atoms with E-state index in [9.17, 15) is 14.4 Å². The van der Waals surface area contributed by atoms with Crippen molar-refractivity contribution in [3.8, 4) is 0 Å². The van der Waals surface area contributed by atoms with Gasteiger partial charge in [0.15, 0.2) is 0 Å². The molecule has 0 saturated carbocycles. The Hall–Kier alpha value is -1.19. The molecule has 0 aliphatic rings. The number of carboxylic acid groups (broad SMARTS) is 1. The highest BCUT2D eigenvalue weighted by Crippen LogP contribution is 2.01. The van der Waals surface area contributed by atoms with Gasteiger partial charge in [-0.15, -0.1) is 0 Å². The summed E-state index contributed by atoms with van der Waals surface area (Å²) < 4.78 is 10.4. The Bertz CT molecular complexity index is 395. The Balaban J connectivity index is 3.80. The third kappa shape index (κ3) is 14.8. The molecular formula is C16H29BrN2O6. The fourth-order valence-electron chi connectivity index (χ4n) is 1.87. The highest BCUT2D eigenvalue weighted by Gasteiger charge is 2.19. The molecule has 0 aliphatic carbocycles. The Kier molecular flexibility index (Phi) is 15.5. The molecule has 8 nitrogen and oxygen atoms in total. The Morgan fingerprint density at radius 2 is 1.76 bits per heavy atom. The van der Waals surface area contributed by atoms with Crippen molar-refractivity contribution in [2.75, 3.05) is 38.3 Å². The van der Waals surface area contributed by atoms with E-state index in [1.807, 2.05) is 0 Å². The van der Waals surface area contributed by atoms with Gasteiger partial charge in [0, 0.05) is 13.2 Å². The summed E-state index contributed by atoms with van der Waals surface area (Å²) in [5.74, 6) is -1.66. The number of unbranched alkanes of at least 4 members (excludes halogenated alkanes) is 2. The molecule has 0 fully saturated rings. The van der Waals surface area contributed by atoms with Gasteiger partial charge in [0.25, 0.3) is 0 Å². The number of rotatable bonds is 16. The molecule has 2 amide bonds. The van der Waals surface area contributed by atoms with Crippen molar-refractivity contribution in [1.82, 2.24) is 10.6 Å². The Labute approximate surface area is 157 Å². The molecule has 0 bridgehead atoms. The van der Waals surface area contributed by atoms with Gasteiger partial charge in [-0.1, -0.05) is 29.3 Å². The lowest BCUT2D eigenvalue weighted by atomic mass is 10.1. The summed E-state index contributed by atoms with van der Waals surface area (Å²) in [7, 11) is 0. The zero-order valence-corrected chi connectivity index (χ0v) is 16.3. The second-order valence-electron chi connectivity index (χ2n) is 5.46. The minimum atomic E-state index is -1.08. The first-order valence-electron chi connectivity index (χ1n) is 8.51. The van der Waals surface area contributed by atoms with Crippen molar-refractivity contribution in [2.24, 2.45) is 0 Å². The summed E-state index contributed by atoms with van der Waals surface area (Å²) in [6.45, 7) is 3.73. The molecule has 0 unspecified atom stereocenters. The fourth-order valence-corrected chi connectivity index (χ4v) is 2.07. The number of carbonyl (C=O) groups excluding carboxylic acids is 2. The number of nitrogens with one attached hydrogen (secondary N) is 2. The van der Waals surface area contributed by atoms with Crippen molar-refractivity contribution in [3.63, 3.8) is 0 Å². The van der Waals surface area contributed by atoms with Gasteiger partial charge in [-0.05, 0) is 25.7 Å². The molecule has 0 saturated heterocycles. The number of amides is 2. The van der Waals surface area contributed by atoms with Gasteiger partial charge >= 0.3 is 5.97 Å². The lowest BCUT2D eigenvalue weighted by Crippen LogP contribution is -2.42. The largest absolute Gasteiger partial charge is 0.480 e. The lowest BCUT2D eigenvalue weighted by molar-refractivity contribution is -0.142. The molecule has 9 heteroatoms. The van der Waals surface area contributed by atoms with Crippen molar-refractivity contribution in [1.29, 1.82) is 0 Å². The quantitative estimate of drug-likeness (QED) is 0.252. The van der Waals surface area contributed by atoms with Crippen LogP contribution >= 0.6 is 15.9 Å². The molecular weight excluding hydrogens is 396 g/mol. The maximum atomic E-state index is 11.7. The van der Waals surface area contributed by atoms with E-state index in [4.69, 9.17) is 14.6 Å². The van der Waals surface area contributed by atoms with Gasteiger partial charge in [0.2, 0.25) is 11.8 Å². The van der Waals surface area contributed by atoms with E-state index in [0.717, 1.165) is 12.8 Å². The van der Waals surface area contributed by atoms with Crippen molar-refractivity contribution >= 4 is 33.7 Å². The molecule has 0 spiro atoms. The van der Waals surface area contributed by atoms with Crippen molar-refractivity contribution < 1.29 is 29.0 Å². The van der Waals surface area contributed by atoms with Crippen LogP contribution in [-0.2, 0) is 23.9 Å². The number of halogens is 1. The van der Waals surface area contributed by atoms with Crippen LogP contribution < -0.4 is 10.6 Å². The van der Waals surface area contributed by atoms with E-state index < -0.39 is 17.9 Å². The third-order valence-corrected chi connectivity index (χ3v) is 3.75. The Morgan fingerprint density at radius 3 is 2.40 bits per heavy atom. The molecule has 0 radical (unpaired) electrons. The molecule has 0 aliphatic heterocycles. The maximum Gasteiger partial charge on any atom is 0.326 e. The minimum absolute atomic E-state index is 0.112. The van der Waals surface area contributed by atoms with Gasteiger partial charge in [-0.25, -0.2) is 4.79 Å². The average molecular weight is 425 g/mol. The summed E-state index contributed by atoms with van der Waals surface area (Å²) in [4.78, 5) is 33.9. The van der Waals surface area contributed by atoms with Crippen LogP contribution in [0.3, 0.4) is 0 Å². The highest BCUT2D eigenvalue weighted by molar-refractivity contribution is 9.09. The standard InChI is InChI=1S/C16H29BrN2O6/c1-2-3-8-24-9-10-25-12-15(21)19-13(16(22)23)6-4-5-7-18-14(20)11-17/h13H,2-12H2,1H3,(H,18,20)(H,19,21)(H,22,23)/t13-/m0/s1. The normalized spacial score (nSPS) is 11.8. The number of carbonyl (C=O) groups is 3. The van der Waals surface area contributed by atoms with E-state index in [0.29, 0.717) is 45.6 Å². The molecule has 1 atom stereocenters. The summed E-state index contributed by atoms with van der Waals surface area (Å²) in [6.07, 6.45) is 3.56. The highest BCUT2D eigenvalue weighted by atomic mass is 79.9. The monoisotopic (exact) mass is 424 g/mol. The van der Waals surface area contributed by atoms with Gasteiger partial charge in [-0.3, -0.25) is 9.59 Å². The predicted octanol–water partition coefficient (Wildman–Crippen LogP) is 1.07. The number of ether oxygens (including phenoxy) is 2. The number of alkyl halides is 1. The third-order valence-electron chi connectivity index (χ3n) is 3.24. The van der Waals surface area contributed by atoms with Gasteiger partial charge < -0.3 is 25.2 Å². The zero-order valence-electron chi connectivity index (χ0n) is 14.7. The van der Waals surface area contributed by atoms with Crippen LogP contribution in [0.5, 0.6) is 0 Å². The molecule has 0 aromatic heterocycles. The van der Waals surface area contributed by atoms with E-state index >= 15 is 0 Å². The molecule has 3 N–H and O–H groups in total. The molecule has 146 valence electrons. The number of hydrogen-bond donors (Lipinski definition) is 3. The number of hydrogen-bond acceptors (Lipinski definition) is 5. The van der Waals surface area contributed by atoms with Crippen LogP contribution in [0, 0.1) is 0 Å². The van der Waals surface area contributed by atoms with Crippen LogP contribution in [0.2, 0.25) is 0 Å². The van der Waals surface area contributed by atoms with Gasteiger partial charge in [0.05, 0.1) is 18.5 Å². The summed E-state index contributed by atoms with van der Waals surface area (Å²) >= 11 is 3.04.